The molecule has 1 atom stereocenters. The van der Waals surface area contributed by atoms with E-state index in [4.69, 9.17) is 0 Å². The molecule has 4 rings (SSSR count). The Morgan fingerprint density at radius 3 is 2.67 bits per heavy atom. The van der Waals surface area contributed by atoms with Crippen LogP contribution in [0, 0.1) is 6.92 Å². The van der Waals surface area contributed by atoms with Crippen LogP contribution in [0.25, 0.3) is 11.3 Å². The van der Waals surface area contributed by atoms with Gasteiger partial charge in [0, 0.05) is 17.5 Å². The molecule has 102 valence electrons. The molecule has 0 N–H and O–H groups in total. The lowest BCUT2D eigenvalue weighted by Crippen LogP contribution is -2.15. The van der Waals surface area contributed by atoms with Gasteiger partial charge in [-0.1, -0.05) is 60.7 Å². The number of benzene rings is 2. The topological polar surface area (TPSA) is 3.24 Å². The molecular formula is C20H17N. The molecule has 0 radical (unpaired) electrons. The number of hydrogen-bond donors (Lipinski definition) is 0. The minimum Gasteiger partial charge on any atom is -0.337 e. The van der Waals surface area contributed by atoms with E-state index in [1.807, 2.05) is 0 Å². The van der Waals surface area contributed by atoms with Crippen LogP contribution in [0.4, 0.5) is 0 Å². The zero-order valence-corrected chi connectivity index (χ0v) is 12.1. The van der Waals surface area contributed by atoms with Gasteiger partial charge in [-0.05, 0) is 35.8 Å². The summed E-state index contributed by atoms with van der Waals surface area (Å²) in [5.74, 6) is 0. The third-order valence-corrected chi connectivity index (χ3v) is 4.31. The van der Waals surface area contributed by atoms with E-state index in [9.17, 15) is 0 Å². The average Bonchev–Trinajstić information content (AvgIpc) is 2.80. The highest BCUT2D eigenvalue weighted by atomic mass is 15.2. The van der Waals surface area contributed by atoms with Crippen molar-refractivity contribution in [3.8, 4) is 0 Å². The first kappa shape index (κ1) is 12.2. The van der Waals surface area contributed by atoms with Crippen molar-refractivity contribution < 1.29 is 0 Å². The van der Waals surface area contributed by atoms with Gasteiger partial charge in [-0.2, -0.15) is 0 Å². The number of fused-ring (bicyclic) bond motifs is 3. The fourth-order valence-electron chi connectivity index (χ4n) is 3.21. The summed E-state index contributed by atoms with van der Waals surface area (Å²) in [4.78, 5) is 2.26. The van der Waals surface area contributed by atoms with Gasteiger partial charge in [0.05, 0.1) is 6.04 Å². The number of rotatable bonds is 1. The highest BCUT2D eigenvalue weighted by Gasteiger charge is 2.31. The molecule has 0 bridgehead atoms. The second-order valence-corrected chi connectivity index (χ2v) is 5.69. The van der Waals surface area contributed by atoms with Crippen molar-refractivity contribution in [2.24, 2.45) is 0 Å². The van der Waals surface area contributed by atoms with E-state index in [2.05, 4.69) is 85.3 Å². The first-order valence-electron chi connectivity index (χ1n) is 7.27. The Labute approximate surface area is 125 Å². The van der Waals surface area contributed by atoms with E-state index in [0.717, 1.165) is 5.70 Å². The molecule has 0 saturated carbocycles. The van der Waals surface area contributed by atoms with E-state index >= 15 is 0 Å². The van der Waals surface area contributed by atoms with Crippen LogP contribution >= 0.6 is 0 Å². The van der Waals surface area contributed by atoms with Gasteiger partial charge >= 0.3 is 0 Å². The van der Waals surface area contributed by atoms with Gasteiger partial charge in [0.25, 0.3) is 0 Å². The van der Waals surface area contributed by atoms with E-state index in [1.54, 1.807) is 0 Å². The van der Waals surface area contributed by atoms with Gasteiger partial charge in [-0.25, -0.2) is 0 Å². The molecule has 2 heterocycles. The van der Waals surface area contributed by atoms with Gasteiger partial charge in [0.2, 0.25) is 0 Å². The minimum absolute atomic E-state index is 0.271. The largest absolute Gasteiger partial charge is 0.337 e. The fourth-order valence-corrected chi connectivity index (χ4v) is 3.21. The van der Waals surface area contributed by atoms with Crippen molar-refractivity contribution >= 4 is 11.3 Å². The maximum Gasteiger partial charge on any atom is 0.0785 e. The van der Waals surface area contributed by atoms with Crippen molar-refractivity contribution in [2.45, 2.75) is 13.0 Å². The molecule has 0 saturated heterocycles. The lowest BCUT2D eigenvalue weighted by Gasteiger charge is -2.26. The SMILES string of the molecule is C=C1c2ccc(C)cc2C2C=C(c3ccccc3)C=CN12. The predicted molar refractivity (Wildman–Crippen MR) is 88.4 cm³/mol. The highest BCUT2D eigenvalue weighted by Crippen LogP contribution is 2.45. The Morgan fingerprint density at radius 1 is 1.05 bits per heavy atom. The first-order chi connectivity index (χ1) is 10.2. The molecular weight excluding hydrogens is 254 g/mol. The van der Waals surface area contributed by atoms with Crippen molar-refractivity contribution in [1.29, 1.82) is 0 Å². The summed E-state index contributed by atoms with van der Waals surface area (Å²) < 4.78 is 0. The molecule has 0 aromatic heterocycles. The summed E-state index contributed by atoms with van der Waals surface area (Å²) in [6, 6.07) is 17.4. The normalized spacial score (nSPS) is 19.3. The van der Waals surface area contributed by atoms with E-state index in [-0.39, 0.29) is 6.04 Å². The summed E-state index contributed by atoms with van der Waals surface area (Å²) >= 11 is 0. The van der Waals surface area contributed by atoms with Gasteiger partial charge < -0.3 is 4.90 Å². The van der Waals surface area contributed by atoms with Crippen LogP contribution in [0.2, 0.25) is 0 Å². The van der Waals surface area contributed by atoms with E-state index in [1.165, 1.54) is 27.8 Å². The summed E-state index contributed by atoms with van der Waals surface area (Å²) in [5, 5.41) is 0. The molecule has 0 spiro atoms. The second kappa shape index (κ2) is 4.49. The molecule has 2 aliphatic heterocycles. The van der Waals surface area contributed by atoms with Gasteiger partial charge in [0.1, 0.15) is 0 Å². The molecule has 2 aromatic rings. The van der Waals surface area contributed by atoms with E-state index in [0.29, 0.717) is 0 Å². The predicted octanol–water partition coefficient (Wildman–Crippen LogP) is 4.93. The van der Waals surface area contributed by atoms with Crippen molar-refractivity contribution in [3.63, 3.8) is 0 Å². The van der Waals surface area contributed by atoms with Gasteiger partial charge in [-0.15, -0.1) is 0 Å². The summed E-state index contributed by atoms with van der Waals surface area (Å²) in [5.41, 5.74) is 7.56. The molecule has 1 unspecified atom stereocenters. The lowest BCUT2D eigenvalue weighted by atomic mass is 9.96. The van der Waals surface area contributed by atoms with Gasteiger partial charge in [0.15, 0.2) is 0 Å². The number of allylic oxidation sites excluding steroid dienone is 2. The summed E-state index contributed by atoms with van der Waals surface area (Å²) in [7, 11) is 0. The quantitative estimate of drug-likeness (QED) is 0.710. The second-order valence-electron chi connectivity index (χ2n) is 5.69. The third-order valence-electron chi connectivity index (χ3n) is 4.31. The van der Waals surface area contributed by atoms with Crippen molar-refractivity contribution in [3.05, 3.63) is 95.7 Å². The van der Waals surface area contributed by atoms with Crippen LogP contribution < -0.4 is 0 Å². The molecule has 2 aromatic carbocycles. The van der Waals surface area contributed by atoms with Crippen LogP contribution in [0.5, 0.6) is 0 Å². The standard InChI is InChI=1S/C20H17N/c1-14-8-9-18-15(2)21-11-10-17(13-20(21)19(18)12-14)16-6-4-3-5-7-16/h3-13,20H,2H2,1H3. The van der Waals surface area contributed by atoms with Crippen LogP contribution in [0.15, 0.2) is 73.5 Å². The summed E-state index contributed by atoms with van der Waals surface area (Å²) in [6.45, 7) is 6.40. The van der Waals surface area contributed by atoms with Crippen molar-refractivity contribution in [2.75, 3.05) is 0 Å². The highest BCUT2D eigenvalue weighted by molar-refractivity contribution is 5.81. The Balaban J connectivity index is 1.83. The minimum atomic E-state index is 0.271. The molecule has 0 fully saturated rings. The van der Waals surface area contributed by atoms with Crippen LogP contribution in [-0.2, 0) is 0 Å². The number of aryl methyl sites for hydroxylation is 1. The van der Waals surface area contributed by atoms with E-state index < -0.39 is 0 Å². The third kappa shape index (κ3) is 1.85. The monoisotopic (exact) mass is 271 g/mol. The molecule has 1 nitrogen and oxygen atoms in total. The Kier molecular flexibility index (Phi) is 2.61. The molecule has 0 aliphatic carbocycles. The average molecular weight is 271 g/mol. The van der Waals surface area contributed by atoms with Crippen LogP contribution in [0.3, 0.4) is 0 Å². The maximum absolute atomic E-state index is 4.25. The van der Waals surface area contributed by atoms with Crippen LogP contribution in [0.1, 0.15) is 28.3 Å². The Morgan fingerprint density at radius 2 is 1.86 bits per heavy atom. The molecule has 2 aliphatic rings. The molecule has 0 amide bonds. The van der Waals surface area contributed by atoms with Crippen LogP contribution in [-0.4, -0.2) is 4.90 Å². The van der Waals surface area contributed by atoms with Gasteiger partial charge in [-0.3, -0.25) is 0 Å². The molecule has 21 heavy (non-hydrogen) atoms. The smallest absolute Gasteiger partial charge is 0.0785 e. The summed E-state index contributed by atoms with van der Waals surface area (Å²) in [6.07, 6.45) is 6.67. The fraction of sp³-hybridized carbons (Fsp3) is 0.100. The zero-order chi connectivity index (χ0) is 14.4. The Hall–Kier alpha value is -2.54. The lowest BCUT2D eigenvalue weighted by molar-refractivity contribution is 0.484. The van der Waals surface area contributed by atoms with Crippen molar-refractivity contribution in [1.82, 2.24) is 4.90 Å². The zero-order valence-electron chi connectivity index (χ0n) is 12.1. The molecule has 1 heteroatoms. The first-order valence-corrected chi connectivity index (χ1v) is 7.27. The Bertz CT molecular complexity index is 781. The number of nitrogens with zero attached hydrogens (tertiary/aromatic N) is 1. The maximum atomic E-state index is 4.25. The number of hydrogen-bond acceptors (Lipinski definition) is 1.